The zero-order valence-electron chi connectivity index (χ0n) is 15.2. The van der Waals surface area contributed by atoms with E-state index in [0.717, 1.165) is 6.42 Å². The van der Waals surface area contributed by atoms with Crippen LogP contribution in [0.1, 0.15) is 32.8 Å². The minimum atomic E-state index is -3.68. The molecule has 25 heavy (non-hydrogen) atoms. The van der Waals surface area contributed by atoms with Crippen molar-refractivity contribution in [2.75, 3.05) is 20.2 Å². The highest BCUT2D eigenvalue weighted by molar-refractivity contribution is 7.92. The third-order valence-corrected chi connectivity index (χ3v) is 6.89. The summed E-state index contributed by atoms with van der Waals surface area (Å²) >= 11 is 5.97. The number of carbonyl (C=O) groups is 1. The number of hydrogen-bond acceptors (Lipinski definition) is 4. The molecule has 0 radical (unpaired) electrons. The summed E-state index contributed by atoms with van der Waals surface area (Å²) in [7, 11) is -2.20. The molecule has 1 amide bonds. The first-order valence-electron chi connectivity index (χ1n) is 8.46. The SMILES string of the molecule is COc1ccc(Cl)cc1CS(=O)(=O)[C@@H](C)C(=O)N1C[C@H](C)C[C@H](C)C1. The molecule has 140 valence electrons. The lowest BCUT2D eigenvalue weighted by atomic mass is 9.92. The molecule has 0 aliphatic carbocycles. The molecule has 0 unspecified atom stereocenters. The van der Waals surface area contributed by atoms with Gasteiger partial charge in [-0.05, 0) is 43.4 Å². The molecule has 2 rings (SSSR count). The van der Waals surface area contributed by atoms with E-state index >= 15 is 0 Å². The van der Waals surface area contributed by atoms with E-state index in [1.807, 2.05) is 0 Å². The molecule has 0 spiro atoms. The minimum absolute atomic E-state index is 0.275. The molecule has 0 aromatic heterocycles. The molecule has 1 heterocycles. The molecule has 1 fully saturated rings. The van der Waals surface area contributed by atoms with Crippen molar-refractivity contribution in [3.8, 4) is 5.75 Å². The van der Waals surface area contributed by atoms with E-state index in [2.05, 4.69) is 13.8 Å². The van der Waals surface area contributed by atoms with Crippen LogP contribution < -0.4 is 4.74 Å². The molecule has 1 aliphatic heterocycles. The molecule has 0 N–H and O–H groups in total. The third-order valence-electron chi connectivity index (χ3n) is 4.67. The van der Waals surface area contributed by atoms with Crippen LogP contribution in [0.5, 0.6) is 5.75 Å². The van der Waals surface area contributed by atoms with E-state index in [9.17, 15) is 13.2 Å². The van der Waals surface area contributed by atoms with Gasteiger partial charge in [-0.1, -0.05) is 25.4 Å². The van der Waals surface area contributed by atoms with Gasteiger partial charge in [0, 0.05) is 23.7 Å². The van der Waals surface area contributed by atoms with Crippen LogP contribution in [0, 0.1) is 11.8 Å². The Bertz CT molecular complexity index is 725. The number of rotatable bonds is 5. The highest BCUT2D eigenvalue weighted by atomic mass is 35.5. The number of carbonyl (C=O) groups excluding carboxylic acids is 1. The maximum atomic E-state index is 12.8. The zero-order chi connectivity index (χ0) is 18.8. The lowest BCUT2D eigenvalue weighted by Gasteiger charge is -2.36. The van der Waals surface area contributed by atoms with Crippen molar-refractivity contribution in [3.63, 3.8) is 0 Å². The molecule has 3 atom stereocenters. The molecule has 1 aliphatic rings. The number of sulfone groups is 1. The van der Waals surface area contributed by atoms with Gasteiger partial charge in [0.05, 0.1) is 12.9 Å². The van der Waals surface area contributed by atoms with Crippen LogP contribution in [0.15, 0.2) is 18.2 Å². The number of amides is 1. The molecular formula is C18H26ClNO4S. The van der Waals surface area contributed by atoms with E-state index in [1.165, 1.54) is 14.0 Å². The van der Waals surface area contributed by atoms with E-state index in [0.29, 0.717) is 41.3 Å². The first-order valence-corrected chi connectivity index (χ1v) is 10.6. The number of benzene rings is 1. The predicted molar refractivity (Wildman–Crippen MR) is 99.6 cm³/mol. The lowest BCUT2D eigenvalue weighted by molar-refractivity contribution is -0.133. The van der Waals surface area contributed by atoms with Gasteiger partial charge in [-0.25, -0.2) is 8.42 Å². The van der Waals surface area contributed by atoms with Crippen molar-refractivity contribution < 1.29 is 17.9 Å². The van der Waals surface area contributed by atoms with Gasteiger partial charge in [0.1, 0.15) is 11.0 Å². The molecule has 1 aromatic carbocycles. The number of halogens is 1. The Morgan fingerprint density at radius 2 is 1.92 bits per heavy atom. The summed E-state index contributed by atoms with van der Waals surface area (Å²) < 4.78 is 30.8. The number of hydrogen-bond donors (Lipinski definition) is 0. The van der Waals surface area contributed by atoms with Crippen molar-refractivity contribution in [1.82, 2.24) is 4.90 Å². The van der Waals surface area contributed by atoms with Crippen LogP contribution in [0.4, 0.5) is 0 Å². The molecule has 5 nitrogen and oxygen atoms in total. The number of likely N-dealkylation sites (tertiary alicyclic amines) is 1. The maximum Gasteiger partial charge on any atom is 0.240 e. The Labute approximate surface area is 155 Å². The minimum Gasteiger partial charge on any atom is -0.496 e. The lowest BCUT2D eigenvalue weighted by Crippen LogP contribution is -2.48. The molecular weight excluding hydrogens is 362 g/mol. The second kappa shape index (κ2) is 7.96. The van der Waals surface area contributed by atoms with Gasteiger partial charge in [0.25, 0.3) is 0 Å². The molecule has 1 saturated heterocycles. The summed E-state index contributed by atoms with van der Waals surface area (Å²) in [6.45, 7) is 6.88. The number of piperidine rings is 1. The summed E-state index contributed by atoms with van der Waals surface area (Å²) in [4.78, 5) is 14.4. The Hall–Kier alpha value is -1.27. The predicted octanol–water partition coefficient (Wildman–Crippen LogP) is 3.16. The molecule has 0 saturated carbocycles. The Balaban J connectivity index is 2.18. The summed E-state index contributed by atoms with van der Waals surface area (Å²) in [5.74, 6) is 0.626. The largest absolute Gasteiger partial charge is 0.496 e. The van der Waals surface area contributed by atoms with Crippen molar-refractivity contribution in [1.29, 1.82) is 0 Å². The summed E-state index contributed by atoms with van der Waals surface area (Å²) in [6.07, 6.45) is 1.06. The van der Waals surface area contributed by atoms with Gasteiger partial charge in [-0.15, -0.1) is 0 Å². The van der Waals surface area contributed by atoms with Crippen LogP contribution >= 0.6 is 11.6 Å². The summed E-state index contributed by atoms with van der Waals surface area (Å²) in [5, 5.41) is -0.655. The van der Waals surface area contributed by atoms with Crippen molar-refractivity contribution in [3.05, 3.63) is 28.8 Å². The smallest absolute Gasteiger partial charge is 0.240 e. The van der Waals surface area contributed by atoms with Crippen LogP contribution in [-0.4, -0.2) is 44.7 Å². The monoisotopic (exact) mass is 387 g/mol. The van der Waals surface area contributed by atoms with Crippen molar-refractivity contribution >= 4 is 27.3 Å². The van der Waals surface area contributed by atoms with Crippen molar-refractivity contribution in [2.45, 2.75) is 38.2 Å². The van der Waals surface area contributed by atoms with Gasteiger partial charge in [0.2, 0.25) is 5.91 Å². The van der Waals surface area contributed by atoms with Crippen LogP contribution in [-0.2, 0) is 20.4 Å². The molecule has 7 heteroatoms. The van der Waals surface area contributed by atoms with Crippen LogP contribution in [0.3, 0.4) is 0 Å². The average molecular weight is 388 g/mol. The van der Waals surface area contributed by atoms with Gasteiger partial charge in [0.15, 0.2) is 9.84 Å². The first-order chi connectivity index (χ1) is 11.6. The second-order valence-electron chi connectivity index (χ2n) is 7.09. The topological polar surface area (TPSA) is 63.7 Å². The van der Waals surface area contributed by atoms with E-state index < -0.39 is 15.1 Å². The van der Waals surface area contributed by atoms with Crippen molar-refractivity contribution in [2.24, 2.45) is 11.8 Å². The number of nitrogens with zero attached hydrogens (tertiary/aromatic N) is 1. The van der Waals surface area contributed by atoms with Crippen LogP contribution in [0.25, 0.3) is 0 Å². The molecule has 0 bridgehead atoms. The average Bonchev–Trinajstić information content (AvgIpc) is 2.52. The van der Waals surface area contributed by atoms with E-state index in [1.54, 1.807) is 23.1 Å². The fraction of sp³-hybridized carbons (Fsp3) is 0.611. The van der Waals surface area contributed by atoms with Gasteiger partial charge in [-0.3, -0.25) is 4.79 Å². The fourth-order valence-corrected chi connectivity index (χ4v) is 5.02. The fourth-order valence-electron chi connectivity index (χ4n) is 3.46. The Kier molecular flexibility index (Phi) is 6.38. The Morgan fingerprint density at radius 3 is 2.48 bits per heavy atom. The third kappa shape index (κ3) is 4.88. The number of ether oxygens (including phenoxy) is 1. The summed E-state index contributed by atoms with van der Waals surface area (Å²) in [6, 6.07) is 4.84. The van der Waals surface area contributed by atoms with Gasteiger partial charge < -0.3 is 9.64 Å². The number of methoxy groups -OCH3 is 1. The first kappa shape index (κ1) is 20.0. The van der Waals surface area contributed by atoms with E-state index in [4.69, 9.17) is 16.3 Å². The maximum absolute atomic E-state index is 12.8. The van der Waals surface area contributed by atoms with Crippen LogP contribution in [0.2, 0.25) is 5.02 Å². The second-order valence-corrected chi connectivity index (χ2v) is 9.85. The van der Waals surface area contributed by atoms with E-state index in [-0.39, 0.29) is 11.7 Å². The summed E-state index contributed by atoms with van der Waals surface area (Å²) in [5.41, 5.74) is 0.468. The van der Waals surface area contributed by atoms with Gasteiger partial charge >= 0.3 is 0 Å². The van der Waals surface area contributed by atoms with Gasteiger partial charge in [-0.2, -0.15) is 0 Å². The molecule has 1 aromatic rings. The standard InChI is InChI=1S/C18H26ClNO4S/c1-12-7-13(2)10-20(9-12)18(21)14(3)25(22,23)11-15-8-16(19)5-6-17(15)24-4/h5-6,8,12-14H,7,9-11H2,1-4H3/t12-,13+,14-/m0/s1. The zero-order valence-corrected chi connectivity index (χ0v) is 16.7. The Morgan fingerprint density at radius 1 is 1.32 bits per heavy atom. The highest BCUT2D eigenvalue weighted by Gasteiger charge is 2.35. The normalized spacial score (nSPS) is 22.5. The highest BCUT2D eigenvalue weighted by Crippen LogP contribution is 2.27. The quantitative estimate of drug-likeness (QED) is 0.778.